The Bertz CT molecular complexity index is 818. The molecule has 1 atom stereocenters. The average Bonchev–Trinajstić information content (AvgIpc) is 2.70. The maximum Gasteiger partial charge on any atom is 0.313 e. The smallest absolute Gasteiger partial charge is 0.313 e. The van der Waals surface area contributed by atoms with Crippen molar-refractivity contribution in [1.29, 1.82) is 0 Å². The summed E-state index contributed by atoms with van der Waals surface area (Å²) >= 11 is 0. The predicted octanol–water partition coefficient (Wildman–Crippen LogP) is 2.79. The zero-order chi connectivity index (χ0) is 19.2. The molecular weight excluding hydrogens is 340 g/mol. The Kier molecular flexibility index (Phi) is 6.04. The Hall–Kier alpha value is -2.92. The van der Waals surface area contributed by atoms with Gasteiger partial charge in [0.25, 0.3) is 0 Å². The minimum Gasteiger partial charge on any atom is -0.469 e. The van der Waals surface area contributed by atoms with Crippen LogP contribution in [0.15, 0.2) is 66.7 Å². The molecule has 2 aromatic rings. The second kappa shape index (κ2) is 8.64. The van der Waals surface area contributed by atoms with Crippen molar-refractivity contribution in [3.05, 3.63) is 77.9 Å². The number of hydrogen-bond donors (Lipinski definition) is 0. The van der Waals surface area contributed by atoms with Gasteiger partial charge in [-0.2, -0.15) is 0 Å². The van der Waals surface area contributed by atoms with E-state index >= 15 is 0 Å². The molecule has 0 saturated heterocycles. The van der Waals surface area contributed by atoms with E-state index in [1.807, 2.05) is 71.6 Å². The van der Waals surface area contributed by atoms with Gasteiger partial charge in [0.1, 0.15) is 0 Å². The Balaban J connectivity index is 1.94. The quantitative estimate of drug-likeness (QED) is 0.783. The van der Waals surface area contributed by atoms with Crippen molar-refractivity contribution in [2.45, 2.75) is 6.54 Å². The van der Waals surface area contributed by atoms with Crippen LogP contribution in [0.4, 0.5) is 0 Å². The number of amides is 1. The molecule has 1 heterocycles. The van der Waals surface area contributed by atoms with Crippen molar-refractivity contribution in [3.8, 4) is 0 Å². The molecule has 1 amide bonds. The highest BCUT2D eigenvalue weighted by Gasteiger charge is 2.28. The van der Waals surface area contributed by atoms with Crippen molar-refractivity contribution >= 4 is 17.6 Å². The van der Waals surface area contributed by atoms with Crippen LogP contribution >= 0.6 is 0 Å². The zero-order valence-electron chi connectivity index (χ0n) is 15.7. The molecule has 0 aromatic heterocycles. The van der Waals surface area contributed by atoms with E-state index in [0.717, 1.165) is 16.8 Å². The van der Waals surface area contributed by atoms with Gasteiger partial charge in [0, 0.05) is 25.8 Å². The number of hydrogen-bond acceptors (Lipinski definition) is 4. The van der Waals surface area contributed by atoms with Crippen LogP contribution in [-0.4, -0.2) is 48.9 Å². The maximum atomic E-state index is 12.8. The van der Waals surface area contributed by atoms with Crippen LogP contribution in [-0.2, 0) is 20.9 Å². The van der Waals surface area contributed by atoms with Gasteiger partial charge in [0.2, 0.25) is 5.91 Å². The van der Waals surface area contributed by atoms with Gasteiger partial charge in [-0.05, 0) is 17.2 Å². The summed E-state index contributed by atoms with van der Waals surface area (Å²) in [4.78, 5) is 28.8. The van der Waals surface area contributed by atoms with E-state index in [2.05, 4.69) is 0 Å². The molecule has 0 radical (unpaired) electrons. The van der Waals surface area contributed by atoms with Crippen LogP contribution in [0.25, 0.3) is 5.70 Å². The molecule has 1 aliphatic heterocycles. The Morgan fingerprint density at radius 2 is 1.70 bits per heavy atom. The number of carbonyl (C=O) groups excluding carboxylic acids is 2. The average molecular weight is 364 g/mol. The molecule has 0 bridgehead atoms. The predicted molar refractivity (Wildman–Crippen MR) is 104 cm³/mol. The van der Waals surface area contributed by atoms with Gasteiger partial charge in [0.05, 0.1) is 19.6 Å². The fourth-order valence-electron chi connectivity index (χ4n) is 3.28. The van der Waals surface area contributed by atoms with Gasteiger partial charge in [-0.25, -0.2) is 0 Å². The normalized spacial score (nSPS) is 20.4. The second-order valence-corrected chi connectivity index (χ2v) is 6.66. The van der Waals surface area contributed by atoms with Crippen LogP contribution in [0.5, 0.6) is 0 Å². The number of nitrogens with zero attached hydrogens (tertiary/aromatic N) is 2. The molecule has 1 unspecified atom stereocenters. The molecule has 0 N–H and O–H groups in total. The molecule has 0 saturated carbocycles. The van der Waals surface area contributed by atoms with Crippen molar-refractivity contribution < 1.29 is 14.3 Å². The molecule has 0 spiro atoms. The highest BCUT2D eigenvalue weighted by molar-refractivity contribution is 5.90. The van der Waals surface area contributed by atoms with Crippen LogP contribution < -0.4 is 0 Å². The van der Waals surface area contributed by atoms with E-state index in [0.29, 0.717) is 13.1 Å². The summed E-state index contributed by atoms with van der Waals surface area (Å²) in [6.07, 6.45) is 1.84. The summed E-state index contributed by atoms with van der Waals surface area (Å²) < 4.78 is 5.02. The van der Waals surface area contributed by atoms with E-state index in [1.54, 1.807) is 11.9 Å². The van der Waals surface area contributed by atoms with Crippen LogP contribution in [0.1, 0.15) is 11.1 Å². The van der Waals surface area contributed by atoms with Crippen molar-refractivity contribution in [1.82, 2.24) is 9.80 Å². The third kappa shape index (κ3) is 4.63. The van der Waals surface area contributed by atoms with Crippen molar-refractivity contribution in [2.75, 3.05) is 27.2 Å². The van der Waals surface area contributed by atoms with Gasteiger partial charge < -0.3 is 9.64 Å². The first-order chi connectivity index (χ1) is 13.1. The summed E-state index contributed by atoms with van der Waals surface area (Å²) in [6.45, 7) is 1.27. The molecule has 1 aliphatic rings. The minimum absolute atomic E-state index is 0.00986. The third-order valence-corrected chi connectivity index (χ3v) is 4.73. The number of esters is 1. The fourth-order valence-corrected chi connectivity index (χ4v) is 3.28. The van der Waals surface area contributed by atoms with Crippen LogP contribution in [0.3, 0.4) is 0 Å². The first kappa shape index (κ1) is 18.9. The zero-order valence-corrected chi connectivity index (χ0v) is 15.7. The molecule has 27 heavy (non-hydrogen) atoms. The molecule has 0 aliphatic carbocycles. The first-order valence-corrected chi connectivity index (χ1v) is 8.96. The number of ether oxygens (including phenoxy) is 1. The molecule has 2 aromatic carbocycles. The highest BCUT2D eigenvalue weighted by atomic mass is 16.5. The molecule has 140 valence electrons. The lowest BCUT2D eigenvalue weighted by atomic mass is 10.0. The summed E-state index contributed by atoms with van der Waals surface area (Å²) in [5.41, 5.74) is 2.73. The summed E-state index contributed by atoms with van der Waals surface area (Å²) in [7, 11) is 3.15. The monoisotopic (exact) mass is 364 g/mol. The largest absolute Gasteiger partial charge is 0.469 e. The Morgan fingerprint density at radius 1 is 1.07 bits per heavy atom. The van der Waals surface area contributed by atoms with Crippen LogP contribution in [0, 0.1) is 5.92 Å². The number of likely N-dealkylation sites (N-methyl/N-ethyl adjacent to an activating group) is 1. The molecule has 5 heteroatoms. The topological polar surface area (TPSA) is 49.9 Å². The minimum atomic E-state index is -0.454. The highest BCUT2D eigenvalue weighted by Crippen LogP contribution is 2.24. The number of methoxy groups -OCH3 is 1. The number of benzene rings is 2. The summed E-state index contributed by atoms with van der Waals surface area (Å²) in [6, 6.07) is 19.6. The van der Waals surface area contributed by atoms with E-state index in [4.69, 9.17) is 4.74 Å². The molecule has 3 rings (SSSR count). The van der Waals surface area contributed by atoms with Crippen molar-refractivity contribution in [2.24, 2.45) is 5.92 Å². The van der Waals surface area contributed by atoms with E-state index in [9.17, 15) is 9.59 Å². The Morgan fingerprint density at radius 3 is 2.33 bits per heavy atom. The van der Waals surface area contributed by atoms with Crippen molar-refractivity contribution in [3.63, 3.8) is 0 Å². The van der Waals surface area contributed by atoms with Gasteiger partial charge >= 0.3 is 5.97 Å². The Labute approximate surface area is 159 Å². The first-order valence-electron chi connectivity index (χ1n) is 8.96. The second-order valence-electron chi connectivity index (χ2n) is 6.66. The van der Waals surface area contributed by atoms with Gasteiger partial charge in [-0.3, -0.25) is 14.5 Å². The van der Waals surface area contributed by atoms with E-state index in [1.165, 1.54) is 7.11 Å². The third-order valence-electron chi connectivity index (χ3n) is 4.73. The van der Waals surface area contributed by atoms with Crippen LogP contribution in [0.2, 0.25) is 0 Å². The summed E-state index contributed by atoms with van der Waals surface area (Å²) in [5, 5.41) is 0. The maximum absolute atomic E-state index is 12.8. The molecular formula is C22H24N2O3. The SMILES string of the molecule is COC(=O)C1/C=C(/c2ccccc2)N(C)C(=O)CN(Cc2ccccc2)C1. The lowest BCUT2D eigenvalue weighted by Crippen LogP contribution is -2.43. The number of rotatable bonds is 4. The molecule has 5 nitrogen and oxygen atoms in total. The van der Waals surface area contributed by atoms with Gasteiger partial charge in [-0.1, -0.05) is 60.7 Å². The summed E-state index contributed by atoms with van der Waals surface area (Å²) in [5.74, 6) is -0.766. The van der Waals surface area contributed by atoms with E-state index in [-0.39, 0.29) is 18.4 Å². The lowest BCUT2D eigenvalue weighted by molar-refractivity contribution is -0.145. The fraction of sp³-hybridized carbons (Fsp3) is 0.273. The lowest BCUT2D eigenvalue weighted by Gasteiger charge is -2.32. The molecule has 0 fully saturated rings. The van der Waals surface area contributed by atoms with E-state index < -0.39 is 5.92 Å². The van der Waals surface area contributed by atoms with Gasteiger partial charge in [0.15, 0.2) is 0 Å². The van der Waals surface area contributed by atoms with Gasteiger partial charge in [-0.15, -0.1) is 0 Å². The standard InChI is InChI=1S/C22H24N2O3/c1-23-20(18-11-7-4-8-12-18)13-19(22(26)27-2)15-24(16-21(23)25)14-17-9-5-3-6-10-17/h3-13,19H,14-16H2,1-2H3/b20-13-. The number of carbonyl (C=O) groups is 2.